The molecule has 3 nitrogen and oxygen atoms in total. The van der Waals surface area contributed by atoms with Crippen molar-refractivity contribution in [2.45, 2.75) is 51.6 Å². The van der Waals surface area contributed by atoms with Crippen LogP contribution in [-0.2, 0) is 6.42 Å². The van der Waals surface area contributed by atoms with E-state index in [1.807, 2.05) is 12.3 Å². The largest absolute Gasteiger partial charge is 0.313 e. The van der Waals surface area contributed by atoms with Crippen molar-refractivity contribution in [2.24, 2.45) is 0 Å². The summed E-state index contributed by atoms with van der Waals surface area (Å²) >= 11 is 0. The molecule has 1 fully saturated rings. The minimum Gasteiger partial charge on any atom is -0.313 e. The molecule has 1 N–H and O–H groups in total. The predicted octanol–water partition coefficient (Wildman–Crippen LogP) is 2.48. The Morgan fingerprint density at radius 1 is 1.37 bits per heavy atom. The summed E-state index contributed by atoms with van der Waals surface area (Å²) < 4.78 is 0. The SMILES string of the molecule is CC(C)N(CCc1ccccn1)CC1CCCCN1. The number of rotatable bonds is 6. The maximum atomic E-state index is 4.41. The summed E-state index contributed by atoms with van der Waals surface area (Å²) in [5.41, 5.74) is 1.20. The third-order valence-electron chi connectivity index (χ3n) is 3.98. The van der Waals surface area contributed by atoms with E-state index >= 15 is 0 Å². The molecule has 0 radical (unpaired) electrons. The molecule has 1 aromatic heterocycles. The fraction of sp³-hybridized carbons (Fsp3) is 0.688. The van der Waals surface area contributed by atoms with Crippen LogP contribution in [0.5, 0.6) is 0 Å². The first-order valence-electron chi connectivity index (χ1n) is 7.63. The molecular formula is C16H27N3. The van der Waals surface area contributed by atoms with Gasteiger partial charge in [-0.3, -0.25) is 9.88 Å². The molecule has 19 heavy (non-hydrogen) atoms. The molecule has 0 saturated carbocycles. The van der Waals surface area contributed by atoms with Crippen LogP contribution < -0.4 is 5.32 Å². The molecule has 0 aliphatic carbocycles. The molecule has 2 heterocycles. The van der Waals surface area contributed by atoms with Gasteiger partial charge >= 0.3 is 0 Å². The summed E-state index contributed by atoms with van der Waals surface area (Å²) in [6.07, 6.45) is 6.98. The van der Waals surface area contributed by atoms with Crippen LogP contribution in [0.4, 0.5) is 0 Å². The highest BCUT2D eigenvalue weighted by atomic mass is 15.2. The topological polar surface area (TPSA) is 28.2 Å². The van der Waals surface area contributed by atoms with Crippen LogP contribution in [0.15, 0.2) is 24.4 Å². The van der Waals surface area contributed by atoms with Crippen LogP contribution in [0.3, 0.4) is 0 Å². The van der Waals surface area contributed by atoms with Gasteiger partial charge in [0.25, 0.3) is 0 Å². The van der Waals surface area contributed by atoms with Crippen LogP contribution >= 0.6 is 0 Å². The molecule has 106 valence electrons. The summed E-state index contributed by atoms with van der Waals surface area (Å²) in [7, 11) is 0. The van der Waals surface area contributed by atoms with Crippen LogP contribution in [0.2, 0.25) is 0 Å². The third kappa shape index (κ3) is 4.92. The lowest BCUT2D eigenvalue weighted by molar-refractivity contribution is 0.186. The Labute approximate surface area is 117 Å². The van der Waals surface area contributed by atoms with Gasteiger partial charge in [0.15, 0.2) is 0 Å². The van der Waals surface area contributed by atoms with Crippen LogP contribution in [0.1, 0.15) is 38.8 Å². The molecule has 0 spiro atoms. The normalized spacial score (nSPS) is 20.1. The quantitative estimate of drug-likeness (QED) is 0.852. The average molecular weight is 261 g/mol. The highest BCUT2D eigenvalue weighted by Gasteiger charge is 2.18. The molecule has 1 saturated heterocycles. The van der Waals surface area contributed by atoms with Crippen molar-refractivity contribution in [2.75, 3.05) is 19.6 Å². The van der Waals surface area contributed by atoms with Crippen molar-refractivity contribution in [1.82, 2.24) is 15.2 Å². The van der Waals surface area contributed by atoms with Gasteiger partial charge in [-0.15, -0.1) is 0 Å². The summed E-state index contributed by atoms with van der Waals surface area (Å²) in [5, 5.41) is 3.65. The molecule has 1 aliphatic rings. The molecular weight excluding hydrogens is 234 g/mol. The van der Waals surface area contributed by atoms with E-state index in [2.05, 4.69) is 41.2 Å². The number of pyridine rings is 1. The minimum atomic E-state index is 0.604. The highest BCUT2D eigenvalue weighted by Crippen LogP contribution is 2.11. The molecule has 2 rings (SSSR count). The van der Waals surface area contributed by atoms with Crippen molar-refractivity contribution >= 4 is 0 Å². The van der Waals surface area contributed by atoms with E-state index in [1.165, 1.54) is 38.0 Å². The number of hydrogen-bond donors (Lipinski definition) is 1. The fourth-order valence-corrected chi connectivity index (χ4v) is 2.73. The second kappa shape index (κ2) is 7.61. The van der Waals surface area contributed by atoms with E-state index < -0.39 is 0 Å². The lowest BCUT2D eigenvalue weighted by Gasteiger charge is -2.33. The zero-order chi connectivity index (χ0) is 13.5. The van der Waals surface area contributed by atoms with E-state index in [0.717, 1.165) is 13.0 Å². The predicted molar refractivity (Wildman–Crippen MR) is 80.3 cm³/mol. The van der Waals surface area contributed by atoms with Gasteiger partial charge in [0, 0.05) is 43.5 Å². The highest BCUT2D eigenvalue weighted by molar-refractivity contribution is 5.03. The summed E-state index contributed by atoms with van der Waals surface area (Å²) in [6.45, 7) is 8.05. The second-order valence-electron chi connectivity index (χ2n) is 5.81. The van der Waals surface area contributed by atoms with Crippen molar-refractivity contribution in [3.63, 3.8) is 0 Å². The monoisotopic (exact) mass is 261 g/mol. The minimum absolute atomic E-state index is 0.604. The Balaban J connectivity index is 1.82. The van der Waals surface area contributed by atoms with Gasteiger partial charge in [-0.2, -0.15) is 0 Å². The fourth-order valence-electron chi connectivity index (χ4n) is 2.73. The molecule has 1 aliphatic heterocycles. The Bertz CT molecular complexity index is 344. The van der Waals surface area contributed by atoms with Crippen LogP contribution in [-0.4, -0.2) is 41.6 Å². The number of aromatic nitrogens is 1. The van der Waals surface area contributed by atoms with Gasteiger partial charge in [-0.1, -0.05) is 12.5 Å². The second-order valence-corrected chi connectivity index (χ2v) is 5.81. The van der Waals surface area contributed by atoms with E-state index in [1.54, 1.807) is 0 Å². The Hall–Kier alpha value is -0.930. The first-order valence-corrected chi connectivity index (χ1v) is 7.63. The zero-order valence-corrected chi connectivity index (χ0v) is 12.3. The number of hydrogen-bond acceptors (Lipinski definition) is 3. The molecule has 0 bridgehead atoms. The van der Waals surface area contributed by atoms with Crippen molar-refractivity contribution < 1.29 is 0 Å². The van der Waals surface area contributed by atoms with Gasteiger partial charge in [-0.05, 0) is 45.4 Å². The van der Waals surface area contributed by atoms with Gasteiger partial charge in [0.05, 0.1) is 0 Å². The standard InChI is InChI=1S/C16H27N3/c1-14(2)19(13-16-8-4-6-11-18-16)12-9-15-7-3-5-10-17-15/h3,5,7,10,14,16,18H,4,6,8-9,11-13H2,1-2H3. The smallest absolute Gasteiger partial charge is 0.0416 e. The van der Waals surface area contributed by atoms with Gasteiger partial charge in [-0.25, -0.2) is 0 Å². The molecule has 1 aromatic rings. The Morgan fingerprint density at radius 3 is 2.89 bits per heavy atom. The maximum Gasteiger partial charge on any atom is 0.0416 e. The maximum absolute atomic E-state index is 4.41. The molecule has 3 heteroatoms. The molecule has 0 amide bonds. The molecule has 1 atom stereocenters. The van der Waals surface area contributed by atoms with Crippen molar-refractivity contribution in [3.05, 3.63) is 30.1 Å². The number of nitrogens with zero attached hydrogens (tertiary/aromatic N) is 2. The zero-order valence-electron chi connectivity index (χ0n) is 12.3. The van der Waals surface area contributed by atoms with Crippen molar-refractivity contribution in [1.29, 1.82) is 0 Å². The van der Waals surface area contributed by atoms with Gasteiger partial charge in [0.1, 0.15) is 0 Å². The molecule has 0 aromatic carbocycles. The number of piperidine rings is 1. The van der Waals surface area contributed by atoms with E-state index in [0.29, 0.717) is 12.1 Å². The summed E-state index contributed by atoms with van der Waals surface area (Å²) in [5.74, 6) is 0. The van der Waals surface area contributed by atoms with Gasteiger partial charge in [0.2, 0.25) is 0 Å². The lowest BCUT2D eigenvalue weighted by Crippen LogP contribution is -2.46. The first kappa shape index (κ1) is 14.5. The Kier molecular flexibility index (Phi) is 5.80. The van der Waals surface area contributed by atoms with Crippen molar-refractivity contribution in [3.8, 4) is 0 Å². The summed E-state index contributed by atoms with van der Waals surface area (Å²) in [4.78, 5) is 7.00. The van der Waals surface area contributed by atoms with E-state index in [4.69, 9.17) is 0 Å². The van der Waals surface area contributed by atoms with Gasteiger partial charge < -0.3 is 5.32 Å². The van der Waals surface area contributed by atoms with Crippen LogP contribution in [0, 0.1) is 0 Å². The number of nitrogens with one attached hydrogen (secondary N) is 1. The first-order chi connectivity index (χ1) is 9.25. The summed E-state index contributed by atoms with van der Waals surface area (Å²) in [6, 6.07) is 7.46. The van der Waals surface area contributed by atoms with E-state index in [-0.39, 0.29) is 0 Å². The third-order valence-corrected chi connectivity index (χ3v) is 3.98. The van der Waals surface area contributed by atoms with Crippen LogP contribution in [0.25, 0.3) is 0 Å². The Morgan fingerprint density at radius 2 is 2.26 bits per heavy atom. The molecule has 1 unspecified atom stereocenters. The van der Waals surface area contributed by atoms with E-state index in [9.17, 15) is 0 Å². The average Bonchev–Trinajstić information content (AvgIpc) is 2.45. The lowest BCUT2D eigenvalue weighted by atomic mass is 10.0.